The van der Waals surface area contributed by atoms with Gasteiger partial charge >= 0.3 is 12.1 Å². The van der Waals surface area contributed by atoms with E-state index in [1.807, 2.05) is 37.3 Å². The van der Waals surface area contributed by atoms with Crippen molar-refractivity contribution in [3.8, 4) is 0 Å². The molecule has 0 radical (unpaired) electrons. The molecule has 2 aromatic rings. The van der Waals surface area contributed by atoms with Crippen molar-refractivity contribution in [1.82, 2.24) is 10.3 Å². The first kappa shape index (κ1) is 17.5. The lowest BCUT2D eigenvalue weighted by molar-refractivity contribution is 0.0592. The van der Waals surface area contributed by atoms with Crippen LogP contribution in [0.4, 0.5) is 4.79 Å². The minimum Gasteiger partial charge on any atom is -0.464 e. The second kappa shape index (κ2) is 8.14. The van der Waals surface area contributed by atoms with Crippen molar-refractivity contribution < 1.29 is 23.5 Å². The van der Waals surface area contributed by atoms with Gasteiger partial charge in [-0.15, -0.1) is 0 Å². The molecule has 0 spiro atoms. The second-order valence-electron chi connectivity index (χ2n) is 5.12. The van der Waals surface area contributed by atoms with E-state index in [-0.39, 0.29) is 18.2 Å². The second-order valence-corrected chi connectivity index (χ2v) is 5.12. The van der Waals surface area contributed by atoms with Gasteiger partial charge in [-0.3, -0.25) is 0 Å². The molecule has 1 heterocycles. The van der Waals surface area contributed by atoms with Crippen LogP contribution in [0, 0.1) is 6.92 Å². The van der Waals surface area contributed by atoms with Crippen molar-refractivity contribution in [2.75, 3.05) is 7.11 Å². The molecule has 1 atom stereocenters. The van der Waals surface area contributed by atoms with E-state index in [1.165, 1.54) is 7.11 Å². The van der Waals surface area contributed by atoms with Crippen molar-refractivity contribution in [3.63, 3.8) is 0 Å². The lowest BCUT2D eigenvalue weighted by Crippen LogP contribution is -2.29. The van der Waals surface area contributed by atoms with Crippen LogP contribution in [0.2, 0.25) is 0 Å². The average molecular weight is 332 g/mol. The Morgan fingerprint density at radius 2 is 2.00 bits per heavy atom. The van der Waals surface area contributed by atoms with Gasteiger partial charge in [0.1, 0.15) is 18.4 Å². The zero-order valence-electron chi connectivity index (χ0n) is 13.9. The normalized spacial score (nSPS) is 11.6. The third kappa shape index (κ3) is 4.34. The predicted molar refractivity (Wildman–Crippen MR) is 85.4 cm³/mol. The van der Waals surface area contributed by atoms with E-state index in [9.17, 15) is 9.59 Å². The van der Waals surface area contributed by atoms with Crippen LogP contribution in [-0.2, 0) is 16.1 Å². The summed E-state index contributed by atoms with van der Waals surface area (Å²) < 4.78 is 15.3. The van der Waals surface area contributed by atoms with Crippen LogP contribution in [0.1, 0.15) is 47.1 Å². The molecule has 7 nitrogen and oxygen atoms in total. The first-order valence-electron chi connectivity index (χ1n) is 7.58. The number of hydrogen-bond donors (Lipinski definition) is 1. The number of rotatable bonds is 6. The van der Waals surface area contributed by atoms with Gasteiger partial charge in [0, 0.05) is 0 Å². The fourth-order valence-corrected chi connectivity index (χ4v) is 2.10. The summed E-state index contributed by atoms with van der Waals surface area (Å²) in [5.41, 5.74) is 0.992. The van der Waals surface area contributed by atoms with Gasteiger partial charge in [-0.25, -0.2) is 14.6 Å². The van der Waals surface area contributed by atoms with Gasteiger partial charge in [0.05, 0.1) is 7.11 Å². The molecule has 7 heteroatoms. The Morgan fingerprint density at radius 1 is 1.29 bits per heavy atom. The lowest BCUT2D eigenvalue weighted by atomic mass is 10.2. The number of nitrogens with zero attached hydrogens (tertiary/aromatic N) is 1. The number of ether oxygens (including phenoxy) is 2. The van der Waals surface area contributed by atoms with Gasteiger partial charge in [0.25, 0.3) is 0 Å². The highest BCUT2D eigenvalue weighted by molar-refractivity contribution is 5.88. The highest BCUT2D eigenvalue weighted by Gasteiger charge is 2.24. The molecule has 1 aromatic carbocycles. The standard InChI is InChI=1S/C17H20N2O5/c1-4-13(15-19-14(11(2)24-15)16(20)22-3)18-17(21)23-10-12-8-6-5-7-9-12/h5-9,13H,4,10H2,1-3H3,(H,18,21). The number of amides is 1. The molecule has 128 valence electrons. The highest BCUT2D eigenvalue weighted by atomic mass is 16.5. The van der Waals surface area contributed by atoms with E-state index in [4.69, 9.17) is 9.15 Å². The van der Waals surface area contributed by atoms with E-state index in [0.29, 0.717) is 12.2 Å². The average Bonchev–Trinajstić information content (AvgIpc) is 2.99. The molecule has 1 aromatic heterocycles. The fourth-order valence-electron chi connectivity index (χ4n) is 2.10. The summed E-state index contributed by atoms with van der Waals surface area (Å²) in [6, 6.07) is 8.87. The van der Waals surface area contributed by atoms with Gasteiger partial charge < -0.3 is 19.2 Å². The smallest absolute Gasteiger partial charge is 0.408 e. The Morgan fingerprint density at radius 3 is 2.62 bits per heavy atom. The van der Waals surface area contributed by atoms with Gasteiger partial charge in [-0.05, 0) is 18.9 Å². The monoisotopic (exact) mass is 332 g/mol. The summed E-state index contributed by atoms with van der Waals surface area (Å²) in [6.45, 7) is 3.64. The topological polar surface area (TPSA) is 90.7 Å². The van der Waals surface area contributed by atoms with Crippen LogP contribution in [0.3, 0.4) is 0 Å². The van der Waals surface area contributed by atoms with E-state index in [0.717, 1.165) is 5.56 Å². The number of carbonyl (C=O) groups excluding carboxylic acids is 2. The summed E-state index contributed by atoms with van der Waals surface area (Å²) in [6.07, 6.45) is -0.0535. The number of nitrogens with one attached hydrogen (secondary N) is 1. The zero-order valence-corrected chi connectivity index (χ0v) is 13.9. The molecule has 1 amide bonds. The number of benzene rings is 1. The first-order chi connectivity index (χ1) is 11.5. The zero-order chi connectivity index (χ0) is 17.5. The largest absolute Gasteiger partial charge is 0.464 e. The van der Waals surface area contributed by atoms with Crippen molar-refractivity contribution >= 4 is 12.1 Å². The number of aromatic nitrogens is 1. The number of hydrogen-bond acceptors (Lipinski definition) is 6. The molecular formula is C17H20N2O5. The Labute approximate surface area is 140 Å². The molecule has 0 fully saturated rings. The molecule has 0 saturated carbocycles. The molecule has 0 aliphatic carbocycles. The number of esters is 1. The number of oxazole rings is 1. The van der Waals surface area contributed by atoms with E-state index < -0.39 is 18.1 Å². The number of carbonyl (C=O) groups is 2. The van der Waals surface area contributed by atoms with Gasteiger partial charge in [0.2, 0.25) is 5.89 Å². The third-order valence-electron chi connectivity index (χ3n) is 3.40. The number of alkyl carbamates (subject to hydrolysis) is 1. The molecule has 0 bridgehead atoms. The van der Waals surface area contributed by atoms with Gasteiger partial charge in [0.15, 0.2) is 5.69 Å². The first-order valence-corrected chi connectivity index (χ1v) is 7.58. The summed E-state index contributed by atoms with van der Waals surface area (Å²) in [4.78, 5) is 27.6. The molecule has 24 heavy (non-hydrogen) atoms. The van der Waals surface area contributed by atoms with Crippen molar-refractivity contribution in [3.05, 3.63) is 53.2 Å². The Kier molecular flexibility index (Phi) is 5.95. The van der Waals surface area contributed by atoms with Crippen LogP contribution in [0.25, 0.3) is 0 Å². The molecule has 0 aliphatic heterocycles. The summed E-state index contributed by atoms with van der Waals surface area (Å²) >= 11 is 0. The van der Waals surface area contributed by atoms with Crippen molar-refractivity contribution in [1.29, 1.82) is 0 Å². The fraction of sp³-hybridized carbons (Fsp3) is 0.353. The lowest BCUT2D eigenvalue weighted by Gasteiger charge is -2.13. The quantitative estimate of drug-likeness (QED) is 0.817. The van der Waals surface area contributed by atoms with Crippen LogP contribution >= 0.6 is 0 Å². The summed E-state index contributed by atoms with van der Waals surface area (Å²) in [5, 5.41) is 2.68. The van der Waals surface area contributed by atoms with Gasteiger partial charge in [-0.1, -0.05) is 37.3 Å². The highest BCUT2D eigenvalue weighted by Crippen LogP contribution is 2.20. The Bertz CT molecular complexity index is 696. The molecule has 0 aliphatic rings. The Hall–Kier alpha value is -2.83. The minimum atomic E-state index is -0.582. The maximum Gasteiger partial charge on any atom is 0.408 e. The minimum absolute atomic E-state index is 0.102. The molecule has 1 N–H and O–H groups in total. The summed E-state index contributed by atoms with van der Waals surface area (Å²) in [7, 11) is 1.27. The number of aryl methyl sites for hydroxylation is 1. The maximum atomic E-state index is 11.9. The predicted octanol–water partition coefficient (Wildman–Crippen LogP) is 3.15. The molecule has 1 unspecified atom stereocenters. The van der Waals surface area contributed by atoms with Crippen LogP contribution < -0.4 is 5.32 Å². The SMILES string of the molecule is CCC(NC(=O)OCc1ccccc1)c1nc(C(=O)OC)c(C)o1. The van der Waals surface area contributed by atoms with Crippen LogP contribution in [0.5, 0.6) is 0 Å². The molecule has 2 rings (SSSR count). The summed E-state index contributed by atoms with van der Waals surface area (Å²) in [5.74, 6) is 0.00539. The van der Waals surface area contributed by atoms with E-state index in [2.05, 4.69) is 15.0 Å². The molecular weight excluding hydrogens is 312 g/mol. The van der Waals surface area contributed by atoms with E-state index >= 15 is 0 Å². The van der Waals surface area contributed by atoms with E-state index in [1.54, 1.807) is 6.92 Å². The van der Waals surface area contributed by atoms with Crippen LogP contribution in [-0.4, -0.2) is 24.2 Å². The van der Waals surface area contributed by atoms with Gasteiger partial charge in [-0.2, -0.15) is 0 Å². The maximum absolute atomic E-state index is 11.9. The Balaban J connectivity index is 1.98. The van der Waals surface area contributed by atoms with Crippen molar-refractivity contribution in [2.24, 2.45) is 0 Å². The molecule has 0 saturated heterocycles. The third-order valence-corrected chi connectivity index (χ3v) is 3.40. The van der Waals surface area contributed by atoms with Crippen LogP contribution in [0.15, 0.2) is 34.7 Å². The van der Waals surface area contributed by atoms with Crippen molar-refractivity contribution in [2.45, 2.75) is 32.9 Å². The number of methoxy groups -OCH3 is 1.